The van der Waals surface area contributed by atoms with Crippen LogP contribution in [0.15, 0.2) is 33.7 Å². The summed E-state index contributed by atoms with van der Waals surface area (Å²) >= 11 is 3.46. The average molecular weight is 329 g/mol. The van der Waals surface area contributed by atoms with Gasteiger partial charge in [0, 0.05) is 24.7 Å². The molecule has 19 heavy (non-hydrogen) atoms. The van der Waals surface area contributed by atoms with Gasteiger partial charge in [0.1, 0.15) is 0 Å². The summed E-state index contributed by atoms with van der Waals surface area (Å²) in [6.07, 6.45) is 0.870. The number of ether oxygens (including phenoxy) is 1. The normalized spacial score (nSPS) is 13.2. The van der Waals surface area contributed by atoms with Gasteiger partial charge in [-0.1, -0.05) is 28.1 Å². The Labute approximate surface area is 122 Å². The van der Waals surface area contributed by atoms with Crippen molar-refractivity contribution in [2.75, 3.05) is 20.3 Å². The molecule has 106 valence electrons. The lowest BCUT2D eigenvalue weighted by Crippen LogP contribution is -2.42. The van der Waals surface area contributed by atoms with E-state index >= 15 is 0 Å². The molecule has 1 rings (SSSR count). The topological polar surface area (TPSA) is 71.7 Å². The predicted octanol–water partition coefficient (Wildman–Crippen LogP) is 1.96. The van der Waals surface area contributed by atoms with Gasteiger partial charge in [-0.25, -0.2) is 5.84 Å². The number of nitrogens with two attached hydrogens (primary N) is 1. The highest BCUT2D eigenvalue weighted by Gasteiger charge is 2.07. The molecule has 0 saturated heterocycles. The molecule has 0 aliphatic rings. The van der Waals surface area contributed by atoms with Gasteiger partial charge in [-0.15, -0.1) is 0 Å². The van der Waals surface area contributed by atoms with Crippen molar-refractivity contribution < 1.29 is 4.74 Å². The summed E-state index contributed by atoms with van der Waals surface area (Å²) in [5, 5.41) is 3.24. The Morgan fingerprint density at radius 1 is 1.53 bits per heavy atom. The Balaban J connectivity index is 2.55. The van der Waals surface area contributed by atoms with E-state index < -0.39 is 0 Å². The van der Waals surface area contributed by atoms with E-state index in [2.05, 4.69) is 50.7 Å². The molecule has 0 heterocycles. The van der Waals surface area contributed by atoms with Gasteiger partial charge in [-0.2, -0.15) is 0 Å². The largest absolute Gasteiger partial charge is 0.385 e. The van der Waals surface area contributed by atoms with Gasteiger partial charge >= 0.3 is 0 Å². The third kappa shape index (κ3) is 6.04. The van der Waals surface area contributed by atoms with E-state index in [1.165, 1.54) is 0 Å². The molecule has 5 nitrogen and oxygen atoms in total. The van der Waals surface area contributed by atoms with Crippen LogP contribution in [-0.2, 0) is 4.74 Å². The van der Waals surface area contributed by atoms with Crippen molar-refractivity contribution in [2.24, 2.45) is 10.8 Å². The lowest BCUT2D eigenvalue weighted by atomic mass is 10.1. The second-order valence-corrected chi connectivity index (χ2v) is 5.06. The second-order valence-electron chi connectivity index (χ2n) is 4.14. The third-order valence-electron chi connectivity index (χ3n) is 2.62. The Morgan fingerprint density at radius 3 is 2.95 bits per heavy atom. The first-order valence-corrected chi connectivity index (χ1v) is 6.98. The van der Waals surface area contributed by atoms with Crippen molar-refractivity contribution in [3.05, 3.63) is 34.3 Å². The summed E-state index contributed by atoms with van der Waals surface area (Å²) in [6, 6.07) is 8.24. The summed E-state index contributed by atoms with van der Waals surface area (Å²) in [7, 11) is 1.68. The molecule has 0 saturated carbocycles. The van der Waals surface area contributed by atoms with Crippen LogP contribution in [0.4, 0.5) is 0 Å². The van der Waals surface area contributed by atoms with Gasteiger partial charge in [0.2, 0.25) is 5.96 Å². The Bertz CT molecular complexity index is 411. The minimum atomic E-state index is 0.120. The van der Waals surface area contributed by atoms with Crippen LogP contribution < -0.4 is 16.6 Å². The van der Waals surface area contributed by atoms with Gasteiger partial charge in [-0.3, -0.25) is 10.4 Å². The van der Waals surface area contributed by atoms with Crippen LogP contribution in [-0.4, -0.2) is 26.2 Å². The van der Waals surface area contributed by atoms with Crippen molar-refractivity contribution in [3.63, 3.8) is 0 Å². The van der Waals surface area contributed by atoms with Crippen molar-refractivity contribution in [1.29, 1.82) is 0 Å². The zero-order chi connectivity index (χ0) is 14.1. The van der Waals surface area contributed by atoms with Crippen LogP contribution in [0.1, 0.15) is 24.9 Å². The molecule has 4 N–H and O–H groups in total. The van der Waals surface area contributed by atoms with Gasteiger partial charge in [-0.05, 0) is 31.0 Å². The Hall–Kier alpha value is -1.11. The third-order valence-corrected chi connectivity index (χ3v) is 3.11. The van der Waals surface area contributed by atoms with Gasteiger partial charge < -0.3 is 10.1 Å². The molecule has 6 heteroatoms. The first kappa shape index (κ1) is 15.9. The van der Waals surface area contributed by atoms with Gasteiger partial charge in [0.05, 0.1) is 6.04 Å². The maximum atomic E-state index is 5.46. The summed E-state index contributed by atoms with van der Waals surface area (Å²) in [4.78, 5) is 4.35. The summed E-state index contributed by atoms with van der Waals surface area (Å²) in [5.74, 6) is 6.05. The highest BCUT2D eigenvalue weighted by atomic mass is 79.9. The zero-order valence-electron chi connectivity index (χ0n) is 11.3. The van der Waals surface area contributed by atoms with E-state index in [1.54, 1.807) is 7.11 Å². The molecule has 0 radical (unpaired) electrons. The van der Waals surface area contributed by atoms with Crippen molar-refractivity contribution >= 4 is 21.9 Å². The van der Waals surface area contributed by atoms with Crippen molar-refractivity contribution in [1.82, 2.24) is 10.7 Å². The maximum absolute atomic E-state index is 5.46. The molecule has 1 aromatic carbocycles. The molecule has 0 amide bonds. The molecule has 0 bridgehead atoms. The summed E-state index contributed by atoms with van der Waals surface area (Å²) < 4.78 is 6.03. The van der Waals surface area contributed by atoms with Crippen molar-refractivity contribution in [2.45, 2.75) is 19.4 Å². The molecular formula is C13H21BrN4O. The van der Waals surface area contributed by atoms with E-state index in [9.17, 15) is 0 Å². The van der Waals surface area contributed by atoms with Gasteiger partial charge in [0.15, 0.2) is 0 Å². The Morgan fingerprint density at radius 2 is 2.32 bits per heavy atom. The number of hydrogen-bond donors (Lipinski definition) is 3. The molecular weight excluding hydrogens is 308 g/mol. The quantitative estimate of drug-likeness (QED) is 0.245. The van der Waals surface area contributed by atoms with E-state index in [-0.39, 0.29) is 6.04 Å². The van der Waals surface area contributed by atoms with Crippen LogP contribution in [0.2, 0.25) is 0 Å². The van der Waals surface area contributed by atoms with Crippen LogP contribution in [0, 0.1) is 0 Å². The van der Waals surface area contributed by atoms with E-state index in [0.29, 0.717) is 19.1 Å². The predicted molar refractivity (Wildman–Crippen MR) is 81.8 cm³/mol. The van der Waals surface area contributed by atoms with Crippen LogP contribution >= 0.6 is 15.9 Å². The molecule has 0 spiro atoms. The number of hydrazine groups is 1. The van der Waals surface area contributed by atoms with E-state index in [4.69, 9.17) is 10.6 Å². The number of guanidine groups is 1. The fraction of sp³-hybridized carbons (Fsp3) is 0.462. The molecule has 0 fully saturated rings. The number of benzene rings is 1. The number of aliphatic imine (C=N–C) groups is 1. The first-order valence-electron chi connectivity index (χ1n) is 6.19. The van der Waals surface area contributed by atoms with Crippen molar-refractivity contribution in [3.8, 4) is 0 Å². The molecule has 0 aromatic heterocycles. The standard InChI is InChI=1S/C13H21BrN4O/c1-10(11-5-3-6-12(14)9-11)17-13(18-15)16-7-4-8-19-2/h3,5-6,9-10H,4,7-8,15H2,1-2H3,(H2,16,17,18). The van der Waals surface area contributed by atoms with Crippen LogP contribution in [0.5, 0.6) is 0 Å². The fourth-order valence-electron chi connectivity index (χ4n) is 1.60. The summed E-state index contributed by atoms with van der Waals surface area (Å²) in [6.45, 7) is 3.43. The number of halogens is 1. The lowest BCUT2D eigenvalue weighted by molar-refractivity contribution is 0.197. The zero-order valence-corrected chi connectivity index (χ0v) is 12.9. The number of methoxy groups -OCH3 is 1. The Kier molecular flexibility index (Phi) is 7.47. The molecule has 1 aromatic rings. The fourth-order valence-corrected chi connectivity index (χ4v) is 2.01. The van der Waals surface area contributed by atoms with Crippen LogP contribution in [0.25, 0.3) is 0 Å². The molecule has 0 aliphatic heterocycles. The monoisotopic (exact) mass is 328 g/mol. The minimum Gasteiger partial charge on any atom is -0.385 e. The van der Waals surface area contributed by atoms with E-state index in [0.717, 1.165) is 16.5 Å². The highest BCUT2D eigenvalue weighted by Crippen LogP contribution is 2.17. The number of hydrogen-bond acceptors (Lipinski definition) is 3. The second kappa shape index (κ2) is 8.90. The smallest absolute Gasteiger partial charge is 0.206 e. The van der Waals surface area contributed by atoms with Gasteiger partial charge in [0.25, 0.3) is 0 Å². The first-order chi connectivity index (χ1) is 9.17. The number of nitrogens with zero attached hydrogens (tertiary/aromatic N) is 1. The number of nitrogens with one attached hydrogen (secondary N) is 2. The van der Waals surface area contributed by atoms with E-state index in [1.807, 2.05) is 12.1 Å². The average Bonchev–Trinajstić information content (AvgIpc) is 2.42. The minimum absolute atomic E-state index is 0.120. The molecule has 1 atom stereocenters. The highest BCUT2D eigenvalue weighted by molar-refractivity contribution is 9.10. The SMILES string of the molecule is COCCCN=C(NN)NC(C)c1cccc(Br)c1. The number of rotatable bonds is 6. The molecule has 1 unspecified atom stereocenters. The van der Waals surface area contributed by atoms with Crippen LogP contribution in [0.3, 0.4) is 0 Å². The molecule has 0 aliphatic carbocycles. The maximum Gasteiger partial charge on any atom is 0.206 e. The summed E-state index contributed by atoms with van der Waals surface area (Å²) in [5.41, 5.74) is 3.74. The lowest BCUT2D eigenvalue weighted by Gasteiger charge is -2.17.